The van der Waals surface area contributed by atoms with E-state index >= 15 is 0 Å². The Kier molecular flexibility index (Phi) is 7.74. The summed E-state index contributed by atoms with van der Waals surface area (Å²) in [5, 5.41) is 22.9. The number of carbonyl (C=O) groups excluding carboxylic acids is 1. The summed E-state index contributed by atoms with van der Waals surface area (Å²) in [5.41, 5.74) is 1.89. The highest BCUT2D eigenvalue weighted by Crippen LogP contribution is 2.27. The summed E-state index contributed by atoms with van der Waals surface area (Å²) in [6, 6.07) is 18.3. The molecule has 0 bridgehead atoms. The zero-order valence-electron chi connectivity index (χ0n) is 16.3. The number of carbonyl (C=O) groups is 1. The van der Waals surface area contributed by atoms with Gasteiger partial charge in [-0.2, -0.15) is 0 Å². The second-order valence-corrected chi connectivity index (χ2v) is 7.00. The minimum atomic E-state index is -1.33. The highest BCUT2D eigenvalue weighted by Gasteiger charge is 2.47. The number of nitrogens with one attached hydrogen (secondary N) is 1. The molecule has 0 spiro atoms. The largest absolute Gasteiger partial charge is 0.394 e. The lowest BCUT2D eigenvalue weighted by molar-refractivity contribution is -0.275. The van der Waals surface area contributed by atoms with Gasteiger partial charge in [0.25, 0.3) is 0 Å². The van der Waals surface area contributed by atoms with Gasteiger partial charge in [-0.25, -0.2) is 0 Å². The number of hydrogen-bond acceptors (Lipinski definition) is 6. The van der Waals surface area contributed by atoms with Crippen LogP contribution in [0.2, 0.25) is 0 Å². The van der Waals surface area contributed by atoms with Crippen LogP contribution in [0.1, 0.15) is 18.1 Å². The van der Waals surface area contributed by atoms with Crippen molar-refractivity contribution in [2.75, 3.05) is 6.61 Å². The second-order valence-electron chi connectivity index (χ2n) is 7.00. The fourth-order valence-electron chi connectivity index (χ4n) is 3.39. The molecule has 3 rings (SSSR count). The third kappa shape index (κ3) is 5.85. The van der Waals surface area contributed by atoms with Crippen molar-refractivity contribution in [1.82, 2.24) is 5.32 Å². The zero-order chi connectivity index (χ0) is 20.6. The molecule has 0 aromatic heterocycles. The lowest BCUT2D eigenvalue weighted by atomic mass is 9.96. The number of aliphatic hydroxyl groups excluding tert-OH is 2. The highest BCUT2D eigenvalue weighted by atomic mass is 16.6. The predicted molar refractivity (Wildman–Crippen MR) is 106 cm³/mol. The van der Waals surface area contributed by atoms with Crippen molar-refractivity contribution >= 4 is 5.91 Å². The molecule has 1 fully saturated rings. The number of rotatable bonds is 8. The van der Waals surface area contributed by atoms with Crippen LogP contribution in [-0.4, -0.2) is 53.4 Å². The molecule has 156 valence electrons. The van der Waals surface area contributed by atoms with Crippen LogP contribution in [0.15, 0.2) is 60.7 Å². The van der Waals surface area contributed by atoms with Crippen molar-refractivity contribution in [3.05, 3.63) is 71.8 Å². The molecule has 2 aromatic carbocycles. The van der Waals surface area contributed by atoms with Crippen molar-refractivity contribution in [3.8, 4) is 0 Å². The average Bonchev–Trinajstić information content (AvgIpc) is 2.74. The first-order valence-electron chi connectivity index (χ1n) is 9.61. The molecule has 0 saturated carbocycles. The van der Waals surface area contributed by atoms with E-state index in [1.807, 2.05) is 60.7 Å². The monoisotopic (exact) mass is 401 g/mol. The minimum Gasteiger partial charge on any atom is -0.394 e. The SMILES string of the molecule is CC(=O)N[C@H]1[C@@H](OCc2ccccc2)[C@@H](OCc2ccccc2)C(CO)O[C@@H]1O. The van der Waals surface area contributed by atoms with E-state index in [4.69, 9.17) is 14.2 Å². The molecule has 5 atom stereocenters. The van der Waals surface area contributed by atoms with Crippen molar-refractivity contribution < 1.29 is 29.2 Å². The van der Waals surface area contributed by atoms with Crippen LogP contribution in [-0.2, 0) is 32.2 Å². The van der Waals surface area contributed by atoms with Crippen LogP contribution in [0.25, 0.3) is 0 Å². The predicted octanol–water partition coefficient (Wildman–Crippen LogP) is 1.37. The summed E-state index contributed by atoms with van der Waals surface area (Å²) >= 11 is 0. The van der Waals surface area contributed by atoms with Gasteiger partial charge < -0.3 is 29.7 Å². The summed E-state index contributed by atoms with van der Waals surface area (Å²) in [4.78, 5) is 11.7. The van der Waals surface area contributed by atoms with Gasteiger partial charge in [-0.3, -0.25) is 4.79 Å². The average molecular weight is 401 g/mol. The molecule has 0 radical (unpaired) electrons. The maximum absolute atomic E-state index is 11.7. The molecule has 1 heterocycles. The summed E-state index contributed by atoms with van der Waals surface area (Å²) in [7, 11) is 0. The van der Waals surface area contributed by atoms with Gasteiger partial charge in [0.05, 0.1) is 19.8 Å². The minimum absolute atomic E-state index is 0.262. The Bertz CT molecular complexity index is 756. The third-order valence-corrected chi connectivity index (χ3v) is 4.79. The van der Waals surface area contributed by atoms with Gasteiger partial charge in [0.2, 0.25) is 5.91 Å². The van der Waals surface area contributed by atoms with Crippen molar-refractivity contribution in [2.45, 2.75) is 50.8 Å². The van der Waals surface area contributed by atoms with E-state index in [-0.39, 0.29) is 25.7 Å². The first-order chi connectivity index (χ1) is 14.1. The highest BCUT2D eigenvalue weighted by molar-refractivity contribution is 5.73. The van der Waals surface area contributed by atoms with Gasteiger partial charge in [-0.15, -0.1) is 0 Å². The van der Waals surface area contributed by atoms with E-state index in [1.165, 1.54) is 6.92 Å². The summed E-state index contributed by atoms with van der Waals surface area (Å²) in [6.07, 6.45) is -3.53. The molecule has 1 aliphatic heterocycles. The number of benzene rings is 2. The summed E-state index contributed by atoms with van der Waals surface area (Å²) in [6.45, 7) is 1.55. The second kappa shape index (κ2) is 10.5. The normalized spacial score (nSPS) is 26.8. The first kappa shape index (κ1) is 21.4. The lowest BCUT2D eigenvalue weighted by Crippen LogP contribution is -2.65. The fourth-order valence-corrected chi connectivity index (χ4v) is 3.39. The van der Waals surface area contributed by atoms with Gasteiger partial charge in [-0.1, -0.05) is 60.7 Å². The molecule has 29 heavy (non-hydrogen) atoms. The quantitative estimate of drug-likeness (QED) is 0.618. The Hall–Kier alpha value is -2.29. The summed E-state index contributed by atoms with van der Waals surface area (Å²) < 4.78 is 17.7. The number of hydrogen-bond donors (Lipinski definition) is 3. The molecule has 2 aromatic rings. The van der Waals surface area contributed by atoms with Crippen LogP contribution in [0, 0.1) is 0 Å². The van der Waals surface area contributed by atoms with Crippen LogP contribution in [0.4, 0.5) is 0 Å². The van der Waals surface area contributed by atoms with E-state index in [2.05, 4.69) is 5.32 Å². The van der Waals surface area contributed by atoms with E-state index in [0.29, 0.717) is 0 Å². The van der Waals surface area contributed by atoms with Crippen LogP contribution >= 0.6 is 0 Å². The molecule has 1 saturated heterocycles. The van der Waals surface area contributed by atoms with E-state index in [9.17, 15) is 15.0 Å². The molecular formula is C22H27NO6. The third-order valence-electron chi connectivity index (χ3n) is 4.79. The van der Waals surface area contributed by atoms with Gasteiger partial charge in [-0.05, 0) is 11.1 Å². The number of amides is 1. The first-order valence-corrected chi connectivity index (χ1v) is 9.61. The van der Waals surface area contributed by atoms with Crippen LogP contribution in [0.5, 0.6) is 0 Å². The van der Waals surface area contributed by atoms with E-state index in [1.54, 1.807) is 0 Å². The van der Waals surface area contributed by atoms with Crippen molar-refractivity contribution in [1.29, 1.82) is 0 Å². The molecule has 1 aliphatic rings. The van der Waals surface area contributed by atoms with Crippen molar-refractivity contribution in [3.63, 3.8) is 0 Å². The topological polar surface area (TPSA) is 97.3 Å². The molecule has 1 amide bonds. The molecule has 3 N–H and O–H groups in total. The zero-order valence-corrected chi connectivity index (χ0v) is 16.3. The Morgan fingerprint density at radius 1 is 0.966 bits per heavy atom. The molecule has 1 unspecified atom stereocenters. The lowest BCUT2D eigenvalue weighted by Gasteiger charge is -2.44. The van der Waals surface area contributed by atoms with Gasteiger partial charge in [0.15, 0.2) is 6.29 Å². The van der Waals surface area contributed by atoms with Crippen LogP contribution in [0.3, 0.4) is 0 Å². The Labute approximate surface area is 170 Å². The smallest absolute Gasteiger partial charge is 0.217 e. The maximum atomic E-state index is 11.7. The molecule has 7 nitrogen and oxygen atoms in total. The molecule has 7 heteroatoms. The maximum Gasteiger partial charge on any atom is 0.217 e. The van der Waals surface area contributed by atoms with Crippen LogP contribution < -0.4 is 5.32 Å². The van der Waals surface area contributed by atoms with E-state index in [0.717, 1.165) is 11.1 Å². The summed E-state index contributed by atoms with van der Waals surface area (Å²) in [5.74, 6) is -0.324. The fraction of sp³-hybridized carbons (Fsp3) is 0.409. The molecule has 0 aliphatic carbocycles. The standard InChI is InChI=1S/C22H27NO6/c1-15(25)23-19-21(28-14-17-10-6-3-7-11-17)20(18(12-24)29-22(19)26)27-13-16-8-4-2-5-9-16/h2-11,18-22,24,26H,12-14H2,1H3,(H,23,25)/t18?,19-,20-,21+,22-/m0/s1. The Morgan fingerprint density at radius 2 is 1.48 bits per heavy atom. The Balaban J connectivity index is 1.80. The number of aliphatic hydroxyl groups is 2. The van der Waals surface area contributed by atoms with Gasteiger partial charge in [0, 0.05) is 6.92 Å². The van der Waals surface area contributed by atoms with Gasteiger partial charge in [0.1, 0.15) is 24.4 Å². The Morgan fingerprint density at radius 3 is 1.97 bits per heavy atom. The van der Waals surface area contributed by atoms with E-state index < -0.39 is 30.6 Å². The number of ether oxygens (including phenoxy) is 3. The van der Waals surface area contributed by atoms with Gasteiger partial charge >= 0.3 is 0 Å². The molecular weight excluding hydrogens is 374 g/mol. The van der Waals surface area contributed by atoms with Crippen molar-refractivity contribution in [2.24, 2.45) is 0 Å².